The van der Waals surface area contributed by atoms with Crippen LogP contribution in [0.15, 0.2) is 4.99 Å². The number of nitrogens with zero attached hydrogens (tertiary/aromatic N) is 1. The SMILES string of the molecule is CCC(CC)NC(=O)C(NC(C)=O)[C@H]1C[C@@H](C(=O)O)C[C@@H]1N=C(N)N. The highest BCUT2D eigenvalue weighted by atomic mass is 16.4. The summed E-state index contributed by atoms with van der Waals surface area (Å²) in [6.07, 6.45) is 1.97. The van der Waals surface area contributed by atoms with Gasteiger partial charge < -0.3 is 27.2 Å². The lowest BCUT2D eigenvalue weighted by Crippen LogP contribution is -2.54. The second kappa shape index (κ2) is 9.24. The van der Waals surface area contributed by atoms with Crippen LogP contribution in [0.1, 0.15) is 46.5 Å². The van der Waals surface area contributed by atoms with Gasteiger partial charge in [0.05, 0.1) is 12.0 Å². The molecule has 1 saturated carbocycles. The minimum Gasteiger partial charge on any atom is -0.481 e. The van der Waals surface area contributed by atoms with Crippen molar-refractivity contribution in [3.05, 3.63) is 0 Å². The molecule has 0 aromatic carbocycles. The third kappa shape index (κ3) is 5.91. The zero-order valence-corrected chi connectivity index (χ0v) is 15.0. The molecule has 0 aromatic heterocycles. The number of guanidine groups is 1. The van der Waals surface area contributed by atoms with Gasteiger partial charge in [0.1, 0.15) is 6.04 Å². The average Bonchev–Trinajstić information content (AvgIpc) is 2.92. The lowest BCUT2D eigenvalue weighted by atomic mass is 9.92. The van der Waals surface area contributed by atoms with Crippen LogP contribution in [-0.4, -0.2) is 47.0 Å². The number of aliphatic carboxylic acids is 1. The molecule has 9 heteroatoms. The Morgan fingerprint density at radius 2 is 1.76 bits per heavy atom. The van der Waals surface area contributed by atoms with Gasteiger partial charge in [0, 0.05) is 18.9 Å². The number of amides is 2. The van der Waals surface area contributed by atoms with Gasteiger partial charge in [-0.05, 0) is 25.7 Å². The first-order valence-corrected chi connectivity index (χ1v) is 8.58. The molecule has 0 saturated heterocycles. The molecule has 0 radical (unpaired) electrons. The zero-order valence-electron chi connectivity index (χ0n) is 15.0. The first-order valence-electron chi connectivity index (χ1n) is 8.58. The smallest absolute Gasteiger partial charge is 0.306 e. The van der Waals surface area contributed by atoms with E-state index in [1.165, 1.54) is 6.92 Å². The van der Waals surface area contributed by atoms with E-state index in [1.807, 2.05) is 13.8 Å². The van der Waals surface area contributed by atoms with E-state index >= 15 is 0 Å². The standard InChI is InChI=1S/C16H29N5O4/c1-4-10(5-2)20-14(23)13(19-8(3)22)11-6-9(15(24)25)7-12(11)21-16(17)18/h9-13H,4-7H2,1-3H3,(H,19,22)(H,20,23)(H,24,25)(H4,17,18,21)/t9-,11+,12+,13?/m1/s1. The topological polar surface area (TPSA) is 160 Å². The number of nitrogens with two attached hydrogens (primary N) is 2. The number of rotatable bonds is 8. The highest BCUT2D eigenvalue weighted by Gasteiger charge is 2.45. The minimum absolute atomic E-state index is 0.0121. The molecule has 7 N–H and O–H groups in total. The fourth-order valence-corrected chi connectivity index (χ4v) is 3.32. The Balaban J connectivity index is 3.08. The molecule has 1 fully saturated rings. The van der Waals surface area contributed by atoms with E-state index in [0.29, 0.717) is 0 Å². The highest BCUT2D eigenvalue weighted by Crippen LogP contribution is 2.36. The van der Waals surface area contributed by atoms with Crippen LogP contribution in [0.2, 0.25) is 0 Å². The minimum atomic E-state index is -0.958. The monoisotopic (exact) mass is 355 g/mol. The molecule has 1 aliphatic rings. The molecule has 25 heavy (non-hydrogen) atoms. The van der Waals surface area contributed by atoms with Gasteiger partial charge in [-0.15, -0.1) is 0 Å². The molecule has 2 amide bonds. The van der Waals surface area contributed by atoms with Crippen molar-refractivity contribution in [3.63, 3.8) is 0 Å². The fraction of sp³-hybridized carbons (Fsp3) is 0.750. The highest BCUT2D eigenvalue weighted by molar-refractivity contribution is 5.87. The van der Waals surface area contributed by atoms with E-state index in [1.54, 1.807) is 0 Å². The molecule has 1 unspecified atom stereocenters. The van der Waals surface area contributed by atoms with Crippen molar-refractivity contribution in [3.8, 4) is 0 Å². The Bertz CT molecular complexity index is 529. The lowest BCUT2D eigenvalue weighted by molar-refractivity contribution is -0.141. The van der Waals surface area contributed by atoms with Crippen LogP contribution in [0.25, 0.3) is 0 Å². The van der Waals surface area contributed by atoms with Gasteiger partial charge in [-0.2, -0.15) is 0 Å². The maximum absolute atomic E-state index is 12.7. The largest absolute Gasteiger partial charge is 0.481 e. The van der Waals surface area contributed by atoms with Crippen LogP contribution >= 0.6 is 0 Å². The second-order valence-corrected chi connectivity index (χ2v) is 6.49. The van der Waals surface area contributed by atoms with Crippen LogP contribution in [-0.2, 0) is 14.4 Å². The van der Waals surface area contributed by atoms with Crippen molar-refractivity contribution < 1.29 is 19.5 Å². The summed E-state index contributed by atoms with van der Waals surface area (Å²) in [4.78, 5) is 39.8. The summed E-state index contributed by atoms with van der Waals surface area (Å²) in [5.41, 5.74) is 10.9. The summed E-state index contributed by atoms with van der Waals surface area (Å²) in [7, 11) is 0. The summed E-state index contributed by atoms with van der Waals surface area (Å²) in [6.45, 7) is 5.23. The Morgan fingerprint density at radius 3 is 2.20 bits per heavy atom. The van der Waals surface area contributed by atoms with E-state index in [0.717, 1.165) is 12.8 Å². The van der Waals surface area contributed by atoms with Crippen LogP contribution in [0.5, 0.6) is 0 Å². The van der Waals surface area contributed by atoms with E-state index < -0.39 is 29.9 Å². The molecule has 0 heterocycles. The van der Waals surface area contributed by atoms with Gasteiger partial charge >= 0.3 is 5.97 Å². The third-order valence-electron chi connectivity index (χ3n) is 4.64. The fourth-order valence-electron chi connectivity index (χ4n) is 3.32. The van der Waals surface area contributed by atoms with Crippen molar-refractivity contribution in [2.24, 2.45) is 28.3 Å². The second-order valence-electron chi connectivity index (χ2n) is 6.49. The van der Waals surface area contributed by atoms with Gasteiger partial charge in [-0.3, -0.25) is 14.4 Å². The molecule has 4 atom stereocenters. The number of hydrogen-bond donors (Lipinski definition) is 5. The van der Waals surface area contributed by atoms with Gasteiger partial charge in [0.15, 0.2) is 5.96 Å². The number of carboxylic acid groups (broad SMARTS) is 1. The lowest BCUT2D eigenvalue weighted by Gasteiger charge is -2.28. The number of nitrogens with one attached hydrogen (secondary N) is 2. The predicted molar refractivity (Wildman–Crippen MR) is 93.6 cm³/mol. The molecule has 9 nitrogen and oxygen atoms in total. The van der Waals surface area contributed by atoms with E-state index in [-0.39, 0.29) is 36.7 Å². The van der Waals surface area contributed by atoms with Crippen LogP contribution < -0.4 is 22.1 Å². The third-order valence-corrected chi connectivity index (χ3v) is 4.64. The molecule has 0 spiro atoms. The van der Waals surface area contributed by atoms with Crippen molar-refractivity contribution in [1.82, 2.24) is 10.6 Å². The maximum Gasteiger partial charge on any atom is 0.306 e. The number of aliphatic imine (C=N–C) groups is 1. The summed E-state index contributed by atoms with van der Waals surface area (Å²) >= 11 is 0. The van der Waals surface area contributed by atoms with Crippen molar-refractivity contribution in [2.75, 3.05) is 0 Å². The normalized spacial score (nSPS) is 23.8. The molecule has 142 valence electrons. The van der Waals surface area contributed by atoms with E-state index in [4.69, 9.17) is 11.5 Å². The van der Waals surface area contributed by atoms with Crippen LogP contribution in [0.4, 0.5) is 0 Å². The van der Waals surface area contributed by atoms with E-state index in [2.05, 4.69) is 15.6 Å². The quantitative estimate of drug-likeness (QED) is 0.293. The first-order chi connectivity index (χ1) is 11.7. The molecule has 1 aliphatic carbocycles. The van der Waals surface area contributed by atoms with Crippen molar-refractivity contribution in [2.45, 2.75) is 64.6 Å². The zero-order chi connectivity index (χ0) is 19.1. The molecule has 0 aliphatic heterocycles. The summed E-state index contributed by atoms with van der Waals surface area (Å²) in [5, 5.41) is 14.9. The Hall–Kier alpha value is -2.32. The van der Waals surface area contributed by atoms with Gasteiger partial charge in [0.2, 0.25) is 11.8 Å². The number of carbonyl (C=O) groups excluding carboxylic acids is 2. The van der Waals surface area contributed by atoms with Crippen molar-refractivity contribution >= 4 is 23.7 Å². The average molecular weight is 355 g/mol. The molecular formula is C16H29N5O4. The molecule has 0 aromatic rings. The Kier molecular flexibility index (Phi) is 7.66. The maximum atomic E-state index is 12.7. The summed E-state index contributed by atoms with van der Waals surface area (Å²) < 4.78 is 0. The van der Waals surface area contributed by atoms with Crippen LogP contribution in [0, 0.1) is 11.8 Å². The molecule has 0 bridgehead atoms. The van der Waals surface area contributed by atoms with Gasteiger partial charge in [-0.25, -0.2) is 4.99 Å². The predicted octanol–water partition coefficient (Wildman–Crippen LogP) is -0.451. The van der Waals surface area contributed by atoms with Gasteiger partial charge in [0.25, 0.3) is 0 Å². The van der Waals surface area contributed by atoms with Crippen LogP contribution in [0.3, 0.4) is 0 Å². The molecular weight excluding hydrogens is 326 g/mol. The van der Waals surface area contributed by atoms with Crippen molar-refractivity contribution in [1.29, 1.82) is 0 Å². The summed E-state index contributed by atoms with van der Waals surface area (Å²) in [6, 6.07) is -1.42. The molecule has 1 rings (SSSR count). The number of carboxylic acids is 1. The first kappa shape index (κ1) is 20.7. The van der Waals surface area contributed by atoms with E-state index in [9.17, 15) is 19.5 Å². The number of carbonyl (C=O) groups is 3. The Labute approximate surface area is 147 Å². The van der Waals surface area contributed by atoms with Gasteiger partial charge in [-0.1, -0.05) is 13.8 Å². The Morgan fingerprint density at radius 1 is 1.16 bits per heavy atom. The number of hydrogen-bond acceptors (Lipinski definition) is 4. The summed E-state index contributed by atoms with van der Waals surface area (Å²) in [5.74, 6) is -2.97.